The Bertz CT molecular complexity index is 546. The molecule has 0 saturated heterocycles. The topological polar surface area (TPSA) is 30.7 Å². The Hall–Kier alpha value is -1.35. The molecule has 0 N–H and O–H groups in total. The van der Waals surface area contributed by atoms with Crippen LogP contribution in [0.3, 0.4) is 0 Å². The fourth-order valence-electron chi connectivity index (χ4n) is 2.34. The fourth-order valence-corrected chi connectivity index (χ4v) is 2.52. The molecule has 0 aliphatic carbocycles. The monoisotopic (exact) mass is 277 g/mol. The van der Waals surface area contributed by atoms with Crippen LogP contribution in [0.5, 0.6) is 0 Å². The summed E-state index contributed by atoms with van der Waals surface area (Å²) in [7, 11) is 0. The molecule has 4 heteroatoms. The van der Waals surface area contributed by atoms with E-state index in [-0.39, 0.29) is 0 Å². The summed E-state index contributed by atoms with van der Waals surface area (Å²) in [5.41, 5.74) is 2.63. The highest BCUT2D eigenvalue weighted by Gasteiger charge is 2.13. The molecule has 0 bridgehead atoms. The van der Waals surface area contributed by atoms with Crippen molar-refractivity contribution in [1.29, 1.82) is 0 Å². The van der Waals surface area contributed by atoms with Crippen molar-refractivity contribution in [3.05, 3.63) is 47.0 Å². The van der Waals surface area contributed by atoms with Crippen molar-refractivity contribution in [2.24, 2.45) is 0 Å². The lowest BCUT2D eigenvalue weighted by atomic mass is 10.1. The van der Waals surface area contributed by atoms with Crippen molar-refractivity contribution in [2.45, 2.75) is 45.5 Å². The molecule has 102 valence electrons. The molecule has 1 aromatic carbocycles. The Morgan fingerprint density at radius 3 is 2.53 bits per heavy atom. The van der Waals surface area contributed by atoms with Crippen LogP contribution in [0.4, 0.5) is 0 Å². The molecule has 2 rings (SSSR count). The van der Waals surface area contributed by atoms with Gasteiger partial charge in [-0.15, -0.1) is 21.8 Å². The van der Waals surface area contributed by atoms with E-state index in [1.165, 1.54) is 11.1 Å². The number of alkyl halides is 1. The van der Waals surface area contributed by atoms with Gasteiger partial charge in [0.05, 0.1) is 5.88 Å². The van der Waals surface area contributed by atoms with E-state index in [9.17, 15) is 0 Å². The Morgan fingerprint density at radius 2 is 1.89 bits per heavy atom. The summed E-state index contributed by atoms with van der Waals surface area (Å²) in [6.07, 6.45) is 1.88. The first-order chi connectivity index (χ1) is 9.11. The number of hydrogen-bond donors (Lipinski definition) is 0. The maximum absolute atomic E-state index is 5.90. The maximum Gasteiger partial charge on any atom is 0.148 e. The summed E-state index contributed by atoms with van der Waals surface area (Å²) in [5.74, 6) is 2.29. The van der Waals surface area contributed by atoms with Crippen molar-refractivity contribution in [3.8, 4) is 0 Å². The SMILES string of the molecule is Cc1cccc(CCc2nnc(CCl)n2C(C)C)c1. The lowest BCUT2D eigenvalue weighted by Crippen LogP contribution is -2.10. The van der Waals surface area contributed by atoms with Crippen LogP contribution >= 0.6 is 11.6 Å². The quantitative estimate of drug-likeness (QED) is 0.781. The molecular formula is C15H20ClN3. The van der Waals surface area contributed by atoms with Gasteiger partial charge in [0, 0.05) is 12.5 Å². The zero-order valence-corrected chi connectivity index (χ0v) is 12.5. The number of aryl methyl sites for hydroxylation is 3. The van der Waals surface area contributed by atoms with Gasteiger partial charge in [0.25, 0.3) is 0 Å². The van der Waals surface area contributed by atoms with E-state index >= 15 is 0 Å². The first-order valence-corrected chi connectivity index (χ1v) is 7.19. The first-order valence-electron chi connectivity index (χ1n) is 6.66. The third-order valence-electron chi connectivity index (χ3n) is 3.19. The summed E-state index contributed by atoms with van der Waals surface area (Å²) in [6, 6.07) is 8.94. The second-order valence-corrected chi connectivity index (χ2v) is 5.39. The minimum Gasteiger partial charge on any atom is -0.311 e. The van der Waals surface area contributed by atoms with Crippen molar-refractivity contribution < 1.29 is 0 Å². The van der Waals surface area contributed by atoms with Crippen LogP contribution in [0.25, 0.3) is 0 Å². The lowest BCUT2D eigenvalue weighted by Gasteiger charge is -2.13. The molecule has 0 saturated carbocycles. The van der Waals surface area contributed by atoms with Crippen LogP contribution in [0.15, 0.2) is 24.3 Å². The van der Waals surface area contributed by atoms with Gasteiger partial charge >= 0.3 is 0 Å². The van der Waals surface area contributed by atoms with Crippen molar-refractivity contribution >= 4 is 11.6 Å². The van der Waals surface area contributed by atoms with Gasteiger partial charge in [0.15, 0.2) is 0 Å². The van der Waals surface area contributed by atoms with E-state index in [0.717, 1.165) is 24.5 Å². The Kier molecular flexibility index (Phi) is 4.59. The molecule has 0 atom stereocenters. The lowest BCUT2D eigenvalue weighted by molar-refractivity contribution is 0.550. The minimum absolute atomic E-state index is 0.344. The number of halogens is 1. The summed E-state index contributed by atoms with van der Waals surface area (Å²) in [6.45, 7) is 6.39. The van der Waals surface area contributed by atoms with E-state index in [0.29, 0.717) is 11.9 Å². The summed E-state index contributed by atoms with van der Waals surface area (Å²) < 4.78 is 2.14. The van der Waals surface area contributed by atoms with Gasteiger partial charge in [-0.2, -0.15) is 0 Å². The highest BCUT2D eigenvalue weighted by molar-refractivity contribution is 6.16. The smallest absolute Gasteiger partial charge is 0.148 e. The minimum atomic E-state index is 0.344. The van der Waals surface area contributed by atoms with E-state index in [1.54, 1.807) is 0 Å². The Labute approximate surface area is 119 Å². The van der Waals surface area contributed by atoms with Gasteiger partial charge in [-0.3, -0.25) is 0 Å². The highest BCUT2D eigenvalue weighted by atomic mass is 35.5. The highest BCUT2D eigenvalue weighted by Crippen LogP contribution is 2.15. The molecule has 0 spiro atoms. The van der Waals surface area contributed by atoms with Gasteiger partial charge in [0.2, 0.25) is 0 Å². The van der Waals surface area contributed by atoms with Crippen LogP contribution < -0.4 is 0 Å². The van der Waals surface area contributed by atoms with Crippen LogP contribution in [0.2, 0.25) is 0 Å². The van der Waals surface area contributed by atoms with Crippen LogP contribution in [0, 0.1) is 6.92 Å². The van der Waals surface area contributed by atoms with E-state index in [2.05, 4.69) is 59.8 Å². The molecule has 2 aromatic rings. The number of nitrogens with zero attached hydrogens (tertiary/aromatic N) is 3. The van der Waals surface area contributed by atoms with Gasteiger partial charge in [-0.05, 0) is 32.8 Å². The zero-order valence-electron chi connectivity index (χ0n) is 11.7. The van der Waals surface area contributed by atoms with Crippen molar-refractivity contribution in [2.75, 3.05) is 0 Å². The predicted octanol–water partition coefficient (Wildman–Crippen LogP) is 3.69. The summed E-state index contributed by atoms with van der Waals surface area (Å²) >= 11 is 5.90. The fraction of sp³-hybridized carbons (Fsp3) is 0.467. The molecule has 3 nitrogen and oxygen atoms in total. The molecule has 0 fully saturated rings. The second-order valence-electron chi connectivity index (χ2n) is 5.12. The van der Waals surface area contributed by atoms with Crippen LogP contribution in [-0.2, 0) is 18.7 Å². The largest absolute Gasteiger partial charge is 0.311 e. The molecular weight excluding hydrogens is 258 g/mol. The van der Waals surface area contributed by atoms with Gasteiger partial charge in [0.1, 0.15) is 11.6 Å². The normalized spacial score (nSPS) is 11.2. The molecule has 19 heavy (non-hydrogen) atoms. The number of rotatable bonds is 5. The van der Waals surface area contributed by atoms with Crippen molar-refractivity contribution in [3.63, 3.8) is 0 Å². The summed E-state index contributed by atoms with van der Waals surface area (Å²) in [5, 5.41) is 8.44. The molecule has 0 amide bonds. The number of aromatic nitrogens is 3. The molecule has 0 aliphatic heterocycles. The third kappa shape index (κ3) is 3.35. The van der Waals surface area contributed by atoms with Crippen molar-refractivity contribution in [1.82, 2.24) is 14.8 Å². The molecule has 0 radical (unpaired) electrons. The number of benzene rings is 1. The second kappa shape index (κ2) is 6.20. The van der Waals surface area contributed by atoms with E-state index < -0.39 is 0 Å². The summed E-state index contributed by atoms with van der Waals surface area (Å²) in [4.78, 5) is 0. The van der Waals surface area contributed by atoms with Crippen LogP contribution in [0.1, 0.15) is 42.7 Å². The Balaban J connectivity index is 2.13. The average molecular weight is 278 g/mol. The maximum atomic E-state index is 5.90. The predicted molar refractivity (Wildman–Crippen MR) is 78.6 cm³/mol. The molecule has 0 aliphatic rings. The molecule has 0 unspecified atom stereocenters. The van der Waals surface area contributed by atoms with E-state index in [1.807, 2.05) is 0 Å². The zero-order chi connectivity index (χ0) is 13.8. The third-order valence-corrected chi connectivity index (χ3v) is 3.43. The number of hydrogen-bond acceptors (Lipinski definition) is 2. The first kappa shape index (κ1) is 14.1. The van der Waals surface area contributed by atoms with Crippen LogP contribution in [-0.4, -0.2) is 14.8 Å². The molecule has 1 aromatic heterocycles. The standard InChI is InChI=1S/C15H20ClN3/c1-11(2)19-14(17-18-15(19)10-16)8-7-13-6-4-5-12(3)9-13/h4-6,9,11H,7-8,10H2,1-3H3. The van der Waals surface area contributed by atoms with Gasteiger partial charge < -0.3 is 4.57 Å². The average Bonchev–Trinajstić information content (AvgIpc) is 2.79. The van der Waals surface area contributed by atoms with E-state index in [4.69, 9.17) is 11.6 Å². The van der Waals surface area contributed by atoms with Gasteiger partial charge in [-0.25, -0.2) is 0 Å². The van der Waals surface area contributed by atoms with Gasteiger partial charge in [-0.1, -0.05) is 29.8 Å². The molecule has 1 heterocycles. The Morgan fingerprint density at radius 1 is 1.16 bits per heavy atom.